The van der Waals surface area contributed by atoms with Crippen molar-refractivity contribution in [2.45, 2.75) is 25.4 Å². The summed E-state index contributed by atoms with van der Waals surface area (Å²) in [5.74, 6) is 3.11. The molecule has 100 valence electrons. The molecule has 0 radical (unpaired) electrons. The molecule has 4 heteroatoms. The molecule has 0 aliphatic heterocycles. The van der Waals surface area contributed by atoms with Gasteiger partial charge in [-0.05, 0) is 25.0 Å². The molecule has 1 atom stereocenters. The highest BCUT2D eigenvalue weighted by atomic mass is 35.5. The number of methoxy groups -OCH3 is 1. The molecule has 0 spiro atoms. The van der Waals surface area contributed by atoms with E-state index in [-0.39, 0.29) is 5.76 Å². The Labute approximate surface area is 117 Å². The molecule has 19 heavy (non-hydrogen) atoms. The molecule has 0 amide bonds. The van der Waals surface area contributed by atoms with Crippen LogP contribution in [0, 0.1) is 12.3 Å². The first-order chi connectivity index (χ1) is 9.08. The van der Waals surface area contributed by atoms with Gasteiger partial charge in [0.25, 0.3) is 0 Å². The molecular weight excluding hydrogens is 264 g/mol. The van der Waals surface area contributed by atoms with Crippen LogP contribution in [0.15, 0.2) is 17.9 Å². The maximum atomic E-state index is 10.1. The number of rotatable bonds is 2. The Bertz CT molecular complexity index is 569. The quantitative estimate of drug-likeness (QED) is 0.817. The Morgan fingerprint density at radius 2 is 2.21 bits per heavy atom. The highest BCUT2D eigenvalue weighted by Gasteiger charge is 2.27. The second kappa shape index (κ2) is 5.56. The van der Waals surface area contributed by atoms with Gasteiger partial charge in [0.2, 0.25) is 0 Å². The predicted octanol–water partition coefficient (Wildman–Crippen LogP) is 3.14. The zero-order chi connectivity index (χ0) is 14.0. The first-order valence-corrected chi connectivity index (χ1v) is 6.40. The fourth-order valence-corrected chi connectivity index (χ4v) is 2.64. The van der Waals surface area contributed by atoms with Gasteiger partial charge in [0, 0.05) is 23.1 Å². The van der Waals surface area contributed by atoms with Crippen molar-refractivity contribution in [3.05, 3.63) is 34.0 Å². The normalized spacial score (nSPS) is 19.2. The van der Waals surface area contributed by atoms with Crippen LogP contribution in [0.5, 0.6) is 5.75 Å². The average molecular weight is 279 g/mol. The van der Waals surface area contributed by atoms with E-state index in [4.69, 9.17) is 22.8 Å². The molecule has 0 heterocycles. The lowest BCUT2D eigenvalue weighted by molar-refractivity contribution is 0.199. The number of benzene rings is 1. The molecule has 1 aliphatic carbocycles. The summed E-state index contributed by atoms with van der Waals surface area (Å²) >= 11 is 6.22. The fraction of sp³-hybridized carbons (Fsp3) is 0.333. The summed E-state index contributed by atoms with van der Waals surface area (Å²) < 4.78 is 5.28. The van der Waals surface area contributed by atoms with Gasteiger partial charge in [0.05, 0.1) is 24.0 Å². The van der Waals surface area contributed by atoms with Gasteiger partial charge in [-0.1, -0.05) is 17.5 Å². The third kappa shape index (κ3) is 2.56. The van der Waals surface area contributed by atoms with Gasteiger partial charge in [-0.15, -0.1) is 6.42 Å². The van der Waals surface area contributed by atoms with Crippen molar-refractivity contribution in [2.24, 2.45) is 0 Å². The van der Waals surface area contributed by atoms with Crippen LogP contribution >= 0.6 is 11.6 Å². The number of halogens is 1. The molecule has 0 saturated heterocycles. The summed E-state index contributed by atoms with van der Waals surface area (Å²) in [6.45, 7) is 0. The molecular formula is C15H15ClO3. The standard InChI is InChI=1S/C15H15ClO3/c1-3-9-7-10(16)14(13(8-9)19-2)15-11(17)5-4-6-12(15)18/h1,7-8,11,17-18H,4-6H2,2H3. The van der Waals surface area contributed by atoms with Crippen LogP contribution in [0.2, 0.25) is 5.02 Å². The van der Waals surface area contributed by atoms with Gasteiger partial charge in [-0.2, -0.15) is 0 Å². The number of ether oxygens (including phenoxy) is 1. The van der Waals surface area contributed by atoms with Crippen LogP contribution < -0.4 is 4.74 Å². The van der Waals surface area contributed by atoms with Crippen molar-refractivity contribution in [1.82, 2.24) is 0 Å². The minimum Gasteiger partial charge on any atom is -0.512 e. The Hall–Kier alpha value is -1.63. The number of allylic oxidation sites excluding steroid dienone is 1. The molecule has 2 rings (SSSR count). The highest BCUT2D eigenvalue weighted by molar-refractivity contribution is 6.32. The second-order valence-corrected chi connectivity index (χ2v) is 4.86. The van der Waals surface area contributed by atoms with Crippen molar-refractivity contribution >= 4 is 17.2 Å². The lowest BCUT2D eigenvalue weighted by Gasteiger charge is -2.24. The van der Waals surface area contributed by atoms with Gasteiger partial charge in [0.1, 0.15) is 5.75 Å². The number of hydrogen-bond acceptors (Lipinski definition) is 3. The summed E-state index contributed by atoms with van der Waals surface area (Å²) in [7, 11) is 1.50. The maximum absolute atomic E-state index is 10.1. The molecule has 1 aliphatic rings. The van der Waals surface area contributed by atoms with E-state index in [9.17, 15) is 10.2 Å². The van der Waals surface area contributed by atoms with E-state index >= 15 is 0 Å². The second-order valence-electron chi connectivity index (χ2n) is 4.45. The Balaban J connectivity index is 2.65. The van der Waals surface area contributed by atoms with E-state index < -0.39 is 6.10 Å². The van der Waals surface area contributed by atoms with E-state index in [0.717, 1.165) is 6.42 Å². The van der Waals surface area contributed by atoms with Gasteiger partial charge in [-0.3, -0.25) is 0 Å². The number of aliphatic hydroxyl groups is 2. The van der Waals surface area contributed by atoms with Crippen LogP contribution in [0.1, 0.15) is 30.4 Å². The Morgan fingerprint density at radius 1 is 1.47 bits per heavy atom. The molecule has 1 aromatic rings. The number of terminal acetylenes is 1. The van der Waals surface area contributed by atoms with Crippen molar-refractivity contribution in [2.75, 3.05) is 7.11 Å². The van der Waals surface area contributed by atoms with Crippen LogP contribution in [0.4, 0.5) is 0 Å². The number of aliphatic hydroxyl groups excluding tert-OH is 2. The van der Waals surface area contributed by atoms with Gasteiger partial charge in [-0.25, -0.2) is 0 Å². The maximum Gasteiger partial charge on any atom is 0.129 e. The first kappa shape index (κ1) is 13.8. The molecule has 3 nitrogen and oxygen atoms in total. The van der Waals surface area contributed by atoms with E-state index in [1.165, 1.54) is 7.11 Å². The topological polar surface area (TPSA) is 49.7 Å². The monoisotopic (exact) mass is 278 g/mol. The van der Waals surface area contributed by atoms with Crippen LogP contribution in [-0.4, -0.2) is 23.4 Å². The lowest BCUT2D eigenvalue weighted by Crippen LogP contribution is -2.17. The van der Waals surface area contributed by atoms with E-state index in [1.54, 1.807) is 12.1 Å². The largest absolute Gasteiger partial charge is 0.512 e. The summed E-state index contributed by atoms with van der Waals surface area (Å²) in [4.78, 5) is 0. The highest BCUT2D eigenvalue weighted by Crippen LogP contribution is 2.40. The lowest BCUT2D eigenvalue weighted by atomic mass is 9.88. The van der Waals surface area contributed by atoms with Gasteiger partial charge >= 0.3 is 0 Å². The molecule has 0 aromatic heterocycles. The zero-order valence-corrected chi connectivity index (χ0v) is 11.4. The molecule has 1 aromatic carbocycles. The molecule has 0 bridgehead atoms. The van der Waals surface area contributed by atoms with Crippen LogP contribution in [0.3, 0.4) is 0 Å². The predicted molar refractivity (Wildman–Crippen MR) is 75.3 cm³/mol. The Morgan fingerprint density at radius 3 is 2.79 bits per heavy atom. The van der Waals surface area contributed by atoms with E-state index in [1.807, 2.05) is 0 Å². The number of hydrogen-bond donors (Lipinski definition) is 2. The van der Waals surface area contributed by atoms with Crippen molar-refractivity contribution in [3.63, 3.8) is 0 Å². The van der Waals surface area contributed by atoms with Gasteiger partial charge in [0.15, 0.2) is 0 Å². The zero-order valence-electron chi connectivity index (χ0n) is 10.6. The van der Waals surface area contributed by atoms with Crippen LogP contribution in [-0.2, 0) is 0 Å². The van der Waals surface area contributed by atoms with Crippen molar-refractivity contribution in [1.29, 1.82) is 0 Å². The third-order valence-corrected chi connectivity index (χ3v) is 3.54. The minimum absolute atomic E-state index is 0.160. The van der Waals surface area contributed by atoms with Gasteiger partial charge < -0.3 is 14.9 Å². The van der Waals surface area contributed by atoms with E-state index in [0.29, 0.717) is 40.3 Å². The third-order valence-electron chi connectivity index (χ3n) is 3.25. The Kier molecular flexibility index (Phi) is 4.04. The van der Waals surface area contributed by atoms with E-state index in [2.05, 4.69) is 5.92 Å². The average Bonchev–Trinajstić information content (AvgIpc) is 2.39. The molecule has 0 saturated carbocycles. The first-order valence-electron chi connectivity index (χ1n) is 6.03. The molecule has 2 N–H and O–H groups in total. The smallest absolute Gasteiger partial charge is 0.129 e. The SMILES string of the molecule is C#Cc1cc(Cl)c(C2=C(O)CCCC2O)c(OC)c1. The fourth-order valence-electron chi connectivity index (χ4n) is 2.33. The molecule has 0 fully saturated rings. The molecule has 1 unspecified atom stereocenters. The summed E-state index contributed by atoms with van der Waals surface area (Å²) in [5, 5.41) is 20.5. The minimum atomic E-state index is -0.739. The summed E-state index contributed by atoms with van der Waals surface area (Å²) in [6.07, 6.45) is 6.48. The summed E-state index contributed by atoms with van der Waals surface area (Å²) in [5.41, 5.74) is 1.56. The summed E-state index contributed by atoms with van der Waals surface area (Å²) in [6, 6.07) is 3.30. The van der Waals surface area contributed by atoms with Crippen LogP contribution in [0.25, 0.3) is 5.57 Å². The van der Waals surface area contributed by atoms with Crippen molar-refractivity contribution < 1.29 is 14.9 Å². The van der Waals surface area contributed by atoms with Crippen molar-refractivity contribution in [3.8, 4) is 18.1 Å².